The van der Waals surface area contributed by atoms with Crippen molar-refractivity contribution >= 4 is 22.9 Å². The fourth-order valence-electron chi connectivity index (χ4n) is 0.788. The Morgan fingerprint density at radius 2 is 2.45 bits per heavy atom. The molecule has 0 aliphatic carbocycles. The minimum Gasteiger partial charge on any atom is -0.272 e. The molecule has 0 aromatic carbocycles. The summed E-state index contributed by atoms with van der Waals surface area (Å²) >= 11 is 7.34. The maximum absolute atomic E-state index is 5.73. The van der Waals surface area contributed by atoms with Crippen LogP contribution in [0.3, 0.4) is 0 Å². The summed E-state index contributed by atoms with van der Waals surface area (Å²) in [5.41, 5.74) is 1.00. The van der Waals surface area contributed by atoms with E-state index in [4.69, 9.17) is 11.6 Å². The van der Waals surface area contributed by atoms with E-state index in [1.54, 1.807) is 22.2 Å². The number of hydrogen-bond acceptors (Lipinski definition) is 3. The number of rotatable bonds is 1. The third kappa shape index (κ3) is 1.15. The molecule has 0 unspecified atom stereocenters. The molecule has 3 nitrogen and oxygen atoms in total. The lowest BCUT2D eigenvalue weighted by atomic mass is 10.5. The highest BCUT2D eigenvalue weighted by Crippen LogP contribution is 2.15. The molecule has 2 heterocycles. The summed E-state index contributed by atoms with van der Waals surface area (Å²) in [4.78, 5) is 0. The fourth-order valence-corrected chi connectivity index (χ4v) is 1.60. The Labute approximate surface area is 72.3 Å². The van der Waals surface area contributed by atoms with Crippen LogP contribution in [0.15, 0.2) is 23.2 Å². The van der Waals surface area contributed by atoms with Gasteiger partial charge in [0.25, 0.3) is 0 Å². The Morgan fingerprint density at radius 1 is 1.55 bits per heavy atom. The van der Waals surface area contributed by atoms with Gasteiger partial charge in [-0.15, -0.1) is 10.2 Å². The predicted molar refractivity (Wildman–Crippen MR) is 44.2 cm³/mol. The average Bonchev–Trinajstić information content (AvgIpc) is 2.55. The monoisotopic (exact) mass is 185 g/mol. The molecule has 0 spiro atoms. The van der Waals surface area contributed by atoms with Gasteiger partial charge in [-0.25, -0.2) is 0 Å². The van der Waals surface area contributed by atoms with Gasteiger partial charge >= 0.3 is 0 Å². The molecule has 0 bridgehead atoms. The van der Waals surface area contributed by atoms with Gasteiger partial charge < -0.3 is 0 Å². The van der Waals surface area contributed by atoms with Gasteiger partial charge in [0.2, 0.25) is 5.28 Å². The first-order chi connectivity index (χ1) is 5.38. The van der Waals surface area contributed by atoms with Crippen LogP contribution in [0, 0.1) is 0 Å². The first kappa shape index (κ1) is 6.82. The van der Waals surface area contributed by atoms with Gasteiger partial charge in [0.15, 0.2) is 0 Å². The number of thiophene rings is 1. The largest absolute Gasteiger partial charge is 0.272 e. The van der Waals surface area contributed by atoms with Crippen molar-refractivity contribution in [3.8, 4) is 5.69 Å². The highest BCUT2D eigenvalue weighted by molar-refractivity contribution is 7.08. The minimum absolute atomic E-state index is 0.392. The molecule has 0 saturated carbocycles. The zero-order valence-electron chi connectivity index (χ0n) is 5.44. The van der Waals surface area contributed by atoms with Gasteiger partial charge in [0, 0.05) is 5.38 Å². The van der Waals surface area contributed by atoms with E-state index in [-0.39, 0.29) is 0 Å². The van der Waals surface area contributed by atoms with Crippen LogP contribution in [0.2, 0.25) is 5.28 Å². The third-order valence-electron chi connectivity index (χ3n) is 1.29. The molecule has 0 aliphatic heterocycles. The second kappa shape index (κ2) is 2.64. The van der Waals surface area contributed by atoms with Crippen molar-refractivity contribution in [1.82, 2.24) is 14.8 Å². The molecule has 2 aromatic heterocycles. The van der Waals surface area contributed by atoms with E-state index >= 15 is 0 Å². The Morgan fingerprint density at radius 3 is 3.00 bits per heavy atom. The lowest BCUT2D eigenvalue weighted by molar-refractivity contribution is 1.07. The van der Waals surface area contributed by atoms with Crippen LogP contribution >= 0.6 is 22.9 Å². The molecule has 56 valence electrons. The van der Waals surface area contributed by atoms with E-state index in [1.165, 1.54) is 0 Å². The summed E-state index contributed by atoms with van der Waals surface area (Å²) in [7, 11) is 0. The van der Waals surface area contributed by atoms with Crippen molar-refractivity contribution in [3.05, 3.63) is 28.4 Å². The van der Waals surface area contributed by atoms with Crippen LogP contribution in [0.5, 0.6) is 0 Å². The number of halogens is 1. The molecule has 0 saturated heterocycles. The molecule has 0 radical (unpaired) electrons. The maximum atomic E-state index is 5.73. The van der Waals surface area contributed by atoms with Gasteiger partial charge in [-0.2, -0.15) is 11.3 Å². The standard InChI is InChI=1S/C6H4ClN3S/c7-6-9-8-4-10(6)5-1-2-11-3-5/h1-4H. The van der Waals surface area contributed by atoms with E-state index < -0.39 is 0 Å². The third-order valence-corrected chi connectivity index (χ3v) is 2.22. The van der Waals surface area contributed by atoms with Crippen molar-refractivity contribution in [2.24, 2.45) is 0 Å². The van der Waals surface area contributed by atoms with Gasteiger partial charge in [-0.05, 0) is 23.0 Å². The molecule has 2 rings (SSSR count). The molecule has 0 amide bonds. The summed E-state index contributed by atoms with van der Waals surface area (Å²) < 4.78 is 1.72. The Hall–Kier alpha value is -0.870. The van der Waals surface area contributed by atoms with E-state index in [1.807, 2.05) is 16.8 Å². The van der Waals surface area contributed by atoms with Crippen molar-refractivity contribution in [1.29, 1.82) is 0 Å². The van der Waals surface area contributed by atoms with Crippen LogP contribution in [0.4, 0.5) is 0 Å². The first-order valence-electron chi connectivity index (χ1n) is 2.96. The lowest BCUT2D eigenvalue weighted by Gasteiger charge is -1.94. The van der Waals surface area contributed by atoms with Gasteiger partial charge in [0.1, 0.15) is 6.33 Å². The smallest absolute Gasteiger partial charge is 0.229 e. The van der Waals surface area contributed by atoms with Crippen LogP contribution in [0.1, 0.15) is 0 Å². The second-order valence-corrected chi connectivity index (χ2v) is 3.07. The SMILES string of the molecule is Clc1nncn1-c1ccsc1. The van der Waals surface area contributed by atoms with Gasteiger partial charge in [0.05, 0.1) is 5.69 Å². The van der Waals surface area contributed by atoms with Crippen LogP contribution in [0.25, 0.3) is 5.69 Å². The maximum Gasteiger partial charge on any atom is 0.229 e. The zero-order valence-corrected chi connectivity index (χ0v) is 7.01. The molecular weight excluding hydrogens is 182 g/mol. The molecule has 0 N–H and O–H groups in total. The minimum atomic E-state index is 0.392. The Bertz CT molecular complexity index is 340. The Balaban J connectivity index is 2.53. The highest BCUT2D eigenvalue weighted by atomic mass is 35.5. The van der Waals surface area contributed by atoms with Crippen molar-refractivity contribution < 1.29 is 0 Å². The van der Waals surface area contributed by atoms with Crippen LogP contribution in [-0.4, -0.2) is 14.8 Å². The molecule has 0 atom stereocenters. The topological polar surface area (TPSA) is 30.7 Å². The van der Waals surface area contributed by atoms with Gasteiger partial charge in [-0.3, -0.25) is 4.57 Å². The van der Waals surface area contributed by atoms with Crippen LogP contribution < -0.4 is 0 Å². The quantitative estimate of drug-likeness (QED) is 0.680. The second-order valence-electron chi connectivity index (χ2n) is 1.95. The van der Waals surface area contributed by atoms with Crippen molar-refractivity contribution in [2.45, 2.75) is 0 Å². The fraction of sp³-hybridized carbons (Fsp3) is 0. The summed E-state index contributed by atoms with van der Waals surface area (Å²) in [6.07, 6.45) is 1.59. The molecule has 2 aromatic rings. The zero-order chi connectivity index (χ0) is 7.68. The van der Waals surface area contributed by atoms with Crippen molar-refractivity contribution in [3.63, 3.8) is 0 Å². The molecule has 11 heavy (non-hydrogen) atoms. The Kier molecular flexibility index (Phi) is 1.63. The average molecular weight is 186 g/mol. The summed E-state index contributed by atoms with van der Waals surface area (Å²) in [5, 5.41) is 11.7. The molecule has 5 heteroatoms. The molecule has 0 aliphatic rings. The highest BCUT2D eigenvalue weighted by Gasteiger charge is 2.01. The van der Waals surface area contributed by atoms with Gasteiger partial charge in [-0.1, -0.05) is 0 Å². The van der Waals surface area contributed by atoms with E-state index in [0.29, 0.717) is 5.28 Å². The first-order valence-corrected chi connectivity index (χ1v) is 4.28. The predicted octanol–water partition coefficient (Wildman–Crippen LogP) is 1.98. The molecular formula is C6H4ClN3S. The summed E-state index contributed by atoms with van der Waals surface area (Å²) in [6, 6.07) is 1.96. The number of hydrogen-bond donors (Lipinski definition) is 0. The van der Waals surface area contributed by atoms with E-state index in [2.05, 4.69) is 10.2 Å². The van der Waals surface area contributed by atoms with E-state index in [0.717, 1.165) is 5.69 Å². The summed E-state index contributed by atoms with van der Waals surface area (Å²) in [6.45, 7) is 0. The normalized spacial score (nSPS) is 10.3. The lowest BCUT2D eigenvalue weighted by Crippen LogP contribution is -1.88. The molecule has 0 fully saturated rings. The number of nitrogens with zero attached hydrogens (tertiary/aromatic N) is 3. The van der Waals surface area contributed by atoms with Crippen LogP contribution in [-0.2, 0) is 0 Å². The summed E-state index contributed by atoms with van der Waals surface area (Å²) in [5.74, 6) is 0. The number of aromatic nitrogens is 3. The van der Waals surface area contributed by atoms with E-state index in [9.17, 15) is 0 Å². The van der Waals surface area contributed by atoms with Crippen molar-refractivity contribution in [2.75, 3.05) is 0 Å².